The second-order valence-electron chi connectivity index (χ2n) is 4.10. The van der Waals surface area contributed by atoms with Crippen LogP contribution >= 0.6 is 0 Å². The van der Waals surface area contributed by atoms with Crippen molar-refractivity contribution in [3.63, 3.8) is 0 Å². The van der Waals surface area contributed by atoms with Gasteiger partial charge in [-0.2, -0.15) is 0 Å². The van der Waals surface area contributed by atoms with Crippen molar-refractivity contribution in [3.8, 4) is 0 Å². The van der Waals surface area contributed by atoms with Crippen molar-refractivity contribution < 1.29 is 9.59 Å². The summed E-state index contributed by atoms with van der Waals surface area (Å²) in [7, 11) is 0. The summed E-state index contributed by atoms with van der Waals surface area (Å²) < 4.78 is 0. The standard InChI is InChI=1S/C10H15NO2/c1-10(2)7(5-9(11)13)3-4-8(10)6-12/h4,6-7H,3,5H2,1-2H3,(H2,11,13). The fourth-order valence-electron chi connectivity index (χ4n) is 1.84. The van der Waals surface area contributed by atoms with Crippen molar-refractivity contribution in [2.75, 3.05) is 0 Å². The van der Waals surface area contributed by atoms with Gasteiger partial charge in [-0.05, 0) is 23.3 Å². The number of hydrogen-bond acceptors (Lipinski definition) is 2. The fraction of sp³-hybridized carbons (Fsp3) is 0.600. The van der Waals surface area contributed by atoms with Crippen LogP contribution in [0, 0.1) is 11.3 Å². The Morgan fingerprint density at radius 2 is 2.38 bits per heavy atom. The first-order valence-electron chi connectivity index (χ1n) is 4.42. The van der Waals surface area contributed by atoms with Crippen molar-refractivity contribution >= 4 is 12.2 Å². The largest absolute Gasteiger partial charge is 0.370 e. The highest BCUT2D eigenvalue weighted by Gasteiger charge is 2.37. The Kier molecular flexibility index (Phi) is 2.55. The smallest absolute Gasteiger partial charge is 0.217 e. The van der Waals surface area contributed by atoms with Gasteiger partial charge in [0.1, 0.15) is 6.29 Å². The third-order valence-corrected chi connectivity index (χ3v) is 2.96. The van der Waals surface area contributed by atoms with Crippen molar-refractivity contribution in [1.82, 2.24) is 0 Å². The van der Waals surface area contributed by atoms with E-state index in [2.05, 4.69) is 0 Å². The number of amides is 1. The lowest BCUT2D eigenvalue weighted by atomic mass is 9.76. The van der Waals surface area contributed by atoms with Crippen molar-refractivity contribution in [1.29, 1.82) is 0 Å². The molecule has 2 N–H and O–H groups in total. The SMILES string of the molecule is CC1(C)C(C=O)=CCC1CC(N)=O. The molecule has 1 unspecified atom stereocenters. The molecule has 0 aromatic heterocycles. The maximum Gasteiger partial charge on any atom is 0.217 e. The van der Waals surface area contributed by atoms with Crippen LogP contribution in [0.3, 0.4) is 0 Å². The van der Waals surface area contributed by atoms with Gasteiger partial charge in [0.15, 0.2) is 0 Å². The number of carbonyl (C=O) groups excluding carboxylic acids is 2. The van der Waals surface area contributed by atoms with Gasteiger partial charge in [0.05, 0.1) is 0 Å². The van der Waals surface area contributed by atoms with E-state index in [0.29, 0.717) is 6.42 Å². The first kappa shape index (κ1) is 9.96. The predicted octanol–water partition coefficient (Wildman–Crippen LogP) is 1.03. The third kappa shape index (κ3) is 1.79. The normalized spacial score (nSPS) is 25.4. The maximum atomic E-state index is 10.7. The van der Waals surface area contributed by atoms with Crippen molar-refractivity contribution in [2.24, 2.45) is 17.1 Å². The summed E-state index contributed by atoms with van der Waals surface area (Å²) in [5.41, 5.74) is 5.72. The predicted molar refractivity (Wildman–Crippen MR) is 49.8 cm³/mol. The van der Waals surface area contributed by atoms with Crippen LogP contribution in [0.1, 0.15) is 26.7 Å². The molecule has 0 heterocycles. The van der Waals surface area contributed by atoms with E-state index in [0.717, 1.165) is 18.3 Å². The number of nitrogens with two attached hydrogens (primary N) is 1. The van der Waals surface area contributed by atoms with E-state index >= 15 is 0 Å². The minimum atomic E-state index is -0.293. The lowest BCUT2D eigenvalue weighted by Gasteiger charge is -2.27. The van der Waals surface area contributed by atoms with E-state index in [1.165, 1.54) is 0 Å². The summed E-state index contributed by atoms with van der Waals surface area (Å²) in [6.45, 7) is 3.96. The molecular weight excluding hydrogens is 166 g/mol. The zero-order chi connectivity index (χ0) is 10.1. The minimum absolute atomic E-state index is 0.185. The molecule has 1 atom stereocenters. The molecule has 0 bridgehead atoms. The maximum absolute atomic E-state index is 10.7. The minimum Gasteiger partial charge on any atom is -0.370 e. The number of allylic oxidation sites excluding steroid dienone is 2. The molecule has 3 heteroatoms. The quantitative estimate of drug-likeness (QED) is 0.661. The summed E-state index contributed by atoms with van der Waals surface area (Å²) in [5, 5.41) is 0. The Hall–Kier alpha value is -1.12. The Morgan fingerprint density at radius 3 is 2.77 bits per heavy atom. The van der Waals surface area contributed by atoms with Gasteiger partial charge in [0, 0.05) is 6.42 Å². The molecule has 0 saturated carbocycles. The molecule has 72 valence electrons. The molecule has 0 fully saturated rings. The summed E-state index contributed by atoms with van der Waals surface area (Å²) in [5.74, 6) is -0.108. The molecular formula is C10H15NO2. The summed E-state index contributed by atoms with van der Waals surface area (Å²) >= 11 is 0. The number of aldehydes is 1. The molecule has 3 nitrogen and oxygen atoms in total. The summed E-state index contributed by atoms with van der Waals surface area (Å²) in [4.78, 5) is 21.4. The number of primary amides is 1. The number of carbonyl (C=O) groups is 2. The molecule has 13 heavy (non-hydrogen) atoms. The second-order valence-corrected chi connectivity index (χ2v) is 4.10. The molecule has 1 rings (SSSR count). The molecule has 1 aliphatic rings. The Balaban J connectivity index is 2.75. The van der Waals surface area contributed by atoms with Crippen LogP contribution in [0.25, 0.3) is 0 Å². The van der Waals surface area contributed by atoms with Crippen LogP contribution in [-0.2, 0) is 9.59 Å². The first-order valence-corrected chi connectivity index (χ1v) is 4.42. The molecule has 0 aliphatic heterocycles. The van der Waals surface area contributed by atoms with Gasteiger partial charge in [0.25, 0.3) is 0 Å². The molecule has 0 aromatic carbocycles. The van der Waals surface area contributed by atoms with E-state index < -0.39 is 0 Å². The molecule has 0 spiro atoms. The number of rotatable bonds is 3. The zero-order valence-corrected chi connectivity index (χ0v) is 8.04. The molecule has 1 aliphatic carbocycles. The molecule has 0 saturated heterocycles. The molecule has 0 aromatic rings. The van der Waals surface area contributed by atoms with E-state index in [-0.39, 0.29) is 17.2 Å². The van der Waals surface area contributed by atoms with Crippen molar-refractivity contribution in [3.05, 3.63) is 11.6 Å². The average Bonchev–Trinajstić information content (AvgIpc) is 2.26. The summed E-state index contributed by atoms with van der Waals surface area (Å²) in [6.07, 6.45) is 3.92. The van der Waals surface area contributed by atoms with E-state index in [1.54, 1.807) is 0 Å². The Bertz CT molecular complexity index is 266. The van der Waals surface area contributed by atoms with E-state index in [9.17, 15) is 9.59 Å². The zero-order valence-electron chi connectivity index (χ0n) is 8.04. The van der Waals surface area contributed by atoms with Crippen LogP contribution in [0.2, 0.25) is 0 Å². The van der Waals surface area contributed by atoms with E-state index in [1.807, 2.05) is 19.9 Å². The van der Waals surface area contributed by atoms with Gasteiger partial charge in [-0.15, -0.1) is 0 Å². The fourth-order valence-corrected chi connectivity index (χ4v) is 1.84. The average molecular weight is 181 g/mol. The van der Waals surface area contributed by atoms with Crippen LogP contribution < -0.4 is 5.73 Å². The third-order valence-electron chi connectivity index (χ3n) is 2.96. The van der Waals surface area contributed by atoms with Gasteiger partial charge in [-0.25, -0.2) is 0 Å². The monoisotopic (exact) mass is 181 g/mol. The highest BCUT2D eigenvalue weighted by atomic mass is 16.1. The first-order chi connectivity index (χ1) is 5.98. The van der Waals surface area contributed by atoms with Crippen LogP contribution in [0.4, 0.5) is 0 Å². The van der Waals surface area contributed by atoms with Crippen LogP contribution in [0.5, 0.6) is 0 Å². The Labute approximate surface area is 78.0 Å². The summed E-state index contributed by atoms with van der Waals surface area (Å²) in [6, 6.07) is 0. The lowest BCUT2D eigenvalue weighted by molar-refractivity contribution is -0.119. The highest BCUT2D eigenvalue weighted by Crippen LogP contribution is 2.43. The molecule has 1 amide bonds. The van der Waals surface area contributed by atoms with Gasteiger partial charge >= 0.3 is 0 Å². The van der Waals surface area contributed by atoms with Crippen molar-refractivity contribution in [2.45, 2.75) is 26.7 Å². The Morgan fingerprint density at radius 1 is 1.77 bits per heavy atom. The topological polar surface area (TPSA) is 60.2 Å². The van der Waals surface area contributed by atoms with Crippen LogP contribution in [0.15, 0.2) is 11.6 Å². The second kappa shape index (κ2) is 3.32. The lowest BCUT2D eigenvalue weighted by Crippen LogP contribution is -2.27. The van der Waals surface area contributed by atoms with Crippen LogP contribution in [-0.4, -0.2) is 12.2 Å². The van der Waals surface area contributed by atoms with Gasteiger partial charge in [-0.3, -0.25) is 9.59 Å². The van der Waals surface area contributed by atoms with Gasteiger partial charge < -0.3 is 5.73 Å². The molecule has 0 radical (unpaired) electrons. The van der Waals surface area contributed by atoms with Gasteiger partial charge in [0.2, 0.25) is 5.91 Å². The van der Waals surface area contributed by atoms with Gasteiger partial charge in [-0.1, -0.05) is 19.9 Å². The highest BCUT2D eigenvalue weighted by molar-refractivity contribution is 5.78. The van der Waals surface area contributed by atoms with E-state index in [4.69, 9.17) is 5.73 Å². The number of hydrogen-bond donors (Lipinski definition) is 1.